The van der Waals surface area contributed by atoms with Crippen molar-refractivity contribution in [1.82, 2.24) is 0 Å². The van der Waals surface area contributed by atoms with Crippen LogP contribution in [0.5, 0.6) is 5.75 Å². The average Bonchev–Trinajstić information content (AvgIpc) is 2.16. The van der Waals surface area contributed by atoms with E-state index in [-0.39, 0.29) is 0 Å². The van der Waals surface area contributed by atoms with E-state index in [9.17, 15) is 0 Å². The zero-order chi connectivity index (χ0) is 8.97. The summed E-state index contributed by atoms with van der Waals surface area (Å²) in [5, 5.41) is 0. The molecule has 0 aliphatic carbocycles. The maximum Gasteiger partial charge on any atom is 0.121 e. The van der Waals surface area contributed by atoms with Crippen LogP contribution in [0.3, 0.4) is 0 Å². The molecular weight excluding hydrogens is 150 g/mol. The van der Waals surface area contributed by atoms with Crippen molar-refractivity contribution in [2.24, 2.45) is 4.99 Å². The molecule has 12 heavy (non-hydrogen) atoms. The Hall–Kier alpha value is -1.57. The van der Waals surface area contributed by atoms with Crippen molar-refractivity contribution >= 4 is 18.5 Å². The molecule has 0 saturated carbocycles. The van der Waals surface area contributed by atoms with Crippen LogP contribution in [-0.4, -0.2) is 13.8 Å². The smallest absolute Gasteiger partial charge is 0.121 e. The Labute approximate surface area is 72.2 Å². The first-order chi connectivity index (χ1) is 5.81. The van der Waals surface area contributed by atoms with Crippen LogP contribution < -0.4 is 4.74 Å². The van der Waals surface area contributed by atoms with Gasteiger partial charge in [-0.15, -0.1) is 0 Å². The molecule has 0 atom stereocenters. The minimum atomic E-state index is 0.781. The summed E-state index contributed by atoms with van der Waals surface area (Å²) in [6, 6.07) is 5.59. The Morgan fingerprint density at radius 3 is 2.75 bits per heavy atom. The standard InChI is InChI=1S/C10H11NO/c1-4-8-5-6-9(12-3)7-10(8)11-2/h4-7H,1-2H2,3H3. The van der Waals surface area contributed by atoms with Gasteiger partial charge in [-0.3, -0.25) is 4.99 Å². The van der Waals surface area contributed by atoms with E-state index in [0.717, 1.165) is 17.0 Å². The molecule has 2 nitrogen and oxygen atoms in total. The highest BCUT2D eigenvalue weighted by Gasteiger charge is 1.98. The zero-order valence-electron chi connectivity index (χ0n) is 7.08. The molecule has 0 bridgehead atoms. The van der Waals surface area contributed by atoms with Gasteiger partial charge in [-0.05, 0) is 24.4 Å². The van der Waals surface area contributed by atoms with Gasteiger partial charge < -0.3 is 4.74 Å². The first kappa shape index (κ1) is 8.53. The van der Waals surface area contributed by atoms with Gasteiger partial charge in [0.05, 0.1) is 12.8 Å². The van der Waals surface area contributed by atoms with Crippen LogP contribution in [0, 0.1) is 0 Å². The number of benzene rings is 1. The van der Waals surface area contributed by atoms with Gasteiger partial charge in [-0.25, -0.2) is 0 Å². The molecule has 1 aromatic rings. The van der Waals surface area contributed by atoms with Crippen molar-refractivity contribution in [3.05, 3.63) is 30.3 Å². The van der Waals surface area contributed by atoms with Crippen LogP contribution in [0.15, 0.2) is 29.8 Å². The normalized spacial score (nSPS) is 9.08. The number of aliphatic imine (C=N–C) groups is 1. The highest BCUT2D eigenvalue weighted by molar-refractivity contribution is 5.66. The first-order valence-electron chi connectivity index (χ1n) is 3.59. The highest BCUT2D eigenvalue weighted by Crippen LogP contribution is 2.25. The first-order valence-corrected chi connectivity index (χ1v) is 3.59. The molecule has 2 heteroatoms. The maximum atomic E-state index is 5.03. The van der Waals surface area contributed by atoms with Gasteiger partial charge >= 0.3 is 0 Å². The molecule has 0 aromatic heterocycles. The molecular formula is C10H11NO. The largest absolute Gasteiger partial charge is 0.497 e. The number of nitrogens with zero attached hydrogens (tertiary/aromatic N) is 1. The summed E-state index contributed by atoms with van der Waals surface area (Å²) in [7, 11) is 1.62. The molecule has 1 aromatic carbocycles. The second-order valence-electron chi connectivity index (χ2n) is 2.29. The molecule has 62 valence electrons. The summed E-state index contributed by atoms with van der Waals surface area (Å²) in [5.41, 5.74) is 1.76. The Bertz CT molecular complexity index is 305. The molecule has 0 amide bonds. The average molecular weight is 161 g/mol. The van der Waals surface area contributed by atoms with Gasteiger partial charge in [0.15, 0.2) is 0 Å². The monoisotopic (exact) mass is 161 g/mol. The summed E-state index contributed by atoms with van der Waals surface area (Å²) in [4.78, 5) is 3.85. The van der Waals surface area contributed by atoms with E-state index < -0.39 is 0 Å². The van der Waals surface area contributed by atoms with Gasteiger partial charge in [-0.1, -0.05) is 12.7 Å². The summed E-state index contributed by atoms with van der Waals surface area (Å²) < 4.78 is 5.03. The Balaban J connectivity index is 3.18. The van der Waals surface area contributed by atoms with Crippen LogP contribution in [0.4, 0.5) is 5.69 Å². The minimum absolute atomic E-state index is 0.781. The Morgan fingerprint density at radius 2 is 2.25 bits per heavy atom. The van der Waals surface area contributed by atoms with Crippen molar-refractivity contribution in [1.29, 1.82) is 0 Å². The topological polar surface area (TPSA) is 21.6 Å². The molecule has 0 spiro atoms. The van der Waals surface area contributed by atoms with Crippen molar-refractivity contribution in [3.8, 4) is 5.75 Å². The van der Waals surface area contributed by atoms with E-state index >= 15 is 0 Å². The lowest BCUT2D eigenvalue weighted by molar-refractivity contribution is 0.415. The molecule has 0 heterocycles. The lowest BCUT2D eigenvalue weighted by Gasteiger charge is -2.03. The van der Waals surface area contributed by atoms with Crippen LogP contribution in [0.25, 0.3) is 6.08 Å². The van der Waals surface area contributed by atoms with Gasteiger partial charge in [0.25, 0.3) is 0 Å². The third-order valence-corrected chi connectivity index (χ3v) is 1.63. The third kappa shape index (κ3) is 1.53. The SMILES string of the molecule is C=Cc1ccc(OC)cc1N=C. The molecule has 0 aliphatic rings. The number of methoxy groups -OCH3 is 1. The summed E-state index contributed by atoms with van der Waals surface area (Å²) in [5.74, 6) is 0.781. The molecule has 1 rings (SSSR count). The number of ether oxygens (including phenoxy) is 1. The predicted molar refractivity (Wildman–Crippen MR) is 52.3 cm³/mol. The second-order valence-corrected chi connectivity index (χ2v) is 2.29. The molecule has 0 aliphatic heterocycles. The zero-order valence-corrected chi connectivity index (χ0v) is 7.08. The fraction of sp³-hybridized carbons (Fsp3) is 0.100. The van der Waals surface area contributed by atoms with Crippen LogP contribution in [-0.2, 0) is 0 Å². The fourth-order valence-electron chi connectivity index (χ4n) is 0.960. The van der Waals surface area contributed by atoms with E-state index in [4.69, 9.17) is 4.74 Å². The summed E-state index contributed by atoms with van der Waals surface area (Å²) in [6.45, 7) is 7.13. The lowest BCUT2D eigenvalue weighted by atomic mass is 10.2. The van der Waals surface area contributed by atoms with Crippen molar-refractivity contribution < 1.29 is 4.74 Å². The van der Waals surface area contributed by atoms with Gasteiger partial charge in [-0.2, -0.15) is 0 Å². The van der Waals surface area contributed by atoms with Gasteiger partial charge in [0.2, 0.25) is 0 Å². The van der Waals surface area contributed by atoms with Gasteiger partial charge in [0, 0.05) is 6.07 Å². The van der Waals surface area contributed by atoms with Crippen molar-refractivity contribution in [2.45, 2.75) is 0 Å². The van der Waals surface area contributed by atoms with E-state index in [1.54, 1.807) is 13.2 Å². The molecule has 0 N–H and O–H groups in total. The molecule has 0 fully saturated rings. The lowest BCUT2D eigenvalue weighted by Crippen LogP contribution is -1.82. The minimum Gasteiger partial charge on any atom is -0.497 e. The van der Waals surface area contributed by atoms with Crippen LogP contribution in [0.1, 0.15) is 5.56 Å². The van der Waals surface area contributed by atoms with Crippen LogP contribution >= 0.6 is 0 Å². The molecule has 0 radical (unpaired) electrons. The number of hydrogen-bond donors (Lipinski definition) is 0. The Morgan fingerprint density at radius 1 is 1.50 bits per heavy atom. The highest BCUT2D eigenvalue weighted by atomic mass is 16.5. The van der Waals surface area contributed by atoms with Crippen molar-refractivity contribution in [3.63, 3.8) is 0 Å². The predicted octanol–water partition coefficient (Wildman–Crippen LogP) is 2.67. The van der Waals surface area contributed by atoms with Crippen molar-refractivity contribution in [2.75, 3.05) is 7.11 Å². The van der Waals surface area contributed by atoms with E-state index in [2.05, 4.69) is 18.3 Å². The quantitative estimate of drug-likeness (QED) is 0.624. The second kappa shape index (κ2) is 3.72. The van der Waals surface area contributed by atoms with E-state index in [0.29, 0.717) is 0 Å². The maximum absolute atomic E-state index is 5.03. The summed E-state index contributed by atoms with van der Waals surface area (Å²) >= 11 is 0. The van der Waals surface area contributed by atoms with E-state index in [1.165, 1.54) is 0 Å². The molecule has 0 saturated heterocycles. The molecule has 0 unspecified atom stereocenters. The number of rotatable bonds is 3. The van der Waals surface area contributed by atoms with Gasteiger partial charge in [0.1, 0.15) is 5.75 Å². The number of hydrogen-bond acceptors (Lipinski definition) is 2. The fourth-order valence-corrected chi connectivity index (χ4v) is 0.960. The summed E-state index contributed by atoms with van der Waals surface area (Å²) in [6.07, 6.45) is 1.74. The Kier molecular flexibility index (Phi) is 2.64. The van der Waals surface area contributed by atoms with E-state index in [1.807, 2.05) is 18.2 Å². The van der Waals surface area contributed by atoms with Crippen LogP contribution in [0.2, 0.25) is 0 Å². The third-order valence-electron chi connectivity index (χ3n) is 1.63.